The zero-order valence-electron chi connectivity index (χ0n) is 9.28. The highest BCUT2D eigenvalue weighted by molar-refractivity contribution is 5.11. The van der Waals surface area contributed by atoms with Crippen LogP contribution in [-0.4, -0.2) is 16.9 Å². The third-order valence-electron chi connectivity index (χ3n) is 3.29. The average molecular weight is 209 g/mol. The van der Waals surface area contributed by atoms with Crippen molar-refractivity contribution < 1.29 is 9.63 Å². The second-order valence-electron chi connectivity index (χ2n) is 4.66. The van der Waals surface area contributed by atoms with Gasteiger partial charge in [-0.15, -0.1) is 0 Å². The number of rotatable bonds is 3. The molecule has 0 saturated heterocycles. The summed E-state index contributed by atoms with van der Waals surface area (Å²) in [6.07, 6.45) is 5.68. The lowest BCUT2D eigenvalue weighted by Gasteiger charge is -2.24. The van der Waals surface area contributed by atoms with Crippen LogP contribution in [0.2, 0.25) is 0 Å². The zero-order chi connectivity index (χ0) is 10.7. The smallest absolute Gasteiger partial charge is 0.139 e. The molecule has 1 aliphatic rings. The summed E-state index contributed by atoms with van der Waals surface area (Å²) >= 11 is 0. The first kappa shape index (κ1) is 10.7. The Morgan fingerprint density at radius 2 is 2.40 bits per heavy atom. The molecule has 0 aromatic carbocycles. The summed E-state index contributed by atoms with van der Waals surface area (Å²) in [4.78, 5) is 0. The van der Waals surface area contributed by atoms with Crippen molar-refractivity contribution in [3.8, 4) is 0 Å². The van der Waals surface area contributed by atoms with Gasteiger partial charge in [0.25, 0.3) is 0 Å². The van der Waals surface area contributed by atoms with Crippen LogP contribution in [0.5, 0.6) is 0 Å². The van der Waals surface area contributed by atoms with E-state index in [9.17, 15) is 0 Å². The van der Waals surface area contributed by atoms with Crippen LogP contribution in [0.25, 0.3) is 0 Å². The van der Waals surface area contributed by atoms with E-state index in [-0.39, 0.29) is 6.61 Å². The Balaban J connectivity index is 2.01. The Hall–Kier alpha value is -0.830. The quantitative estimate of drug-likeness (QED) is 0.832. The first-order valence-electron chi connectivity index (χ1n) is 5.86. The van der Waals surface area contributed by atoms with Crippen molar-refractivity contribution in [1.82, 2.24) is 5.16 Å². The van der Waals surface area contributed by atoms with Gasteiger partial charge in [0.05, 0.1) is 12.3 Å². The van der Waals surface area contributed by atoms with Crippen LogP contribution >= 0.6 is 0 Å². The Morgan fingerprint density at radius 3 is 3.13 bits per heavy atom. The normalized spacial score (nSPS) is 26.8. The molecule has 15 heavy (non-hydrogen) atoms. The van der Waals surface area contributed by atoms with Gasteiger partial charge in [-0.25, -0.2) is 0 Å². The molecular formula is C12H19NO2. The van der Waals surface area contributed by atoms with Gasteiger partial charge in [0.2, 0.25) is 0 Å². The SMILES string of the molecule is CC1CCCC(c2cc(CCO)on2)C1. The number of hydrogen-bond donors (Lipinski definition) is 1. The lowest BCUT2D eigenvalue weighted by atomic mass is 9.81. The fourth-order valence-electron chi connectivity index (χ4n) is 2.45. The third kappa shape index (κ3) is 2.59. The number of nitrogens with zero attached hydrogens (tertiary/aromatic N) is 1. The topological polar surface area (TPSA) is 46.3 Å². The van der Waals surface area contributed by atoms with Gasteiger partial charge in [0, 0.05) is 18.4 Å². The Kier molecular flexibility index (Phi) is 3.41. The second-order valence-corrected chi connectivity index (χ2v) is 4.66. The summed E-state index contributed by atoms with van der Waals surface area (Å²) in [5, 5.41) is 12.9. The van der Waals surface area contributed by atoms with Crippen LogP contribution < -0.4 is 0 Å². The number of aliphatic hydroxyl groups excluding tert-OH is 1. The van der Waals surface area contributed by atoms with Gasteiger partial charge in [0.15, 0.2) is 0 Å². The molecule has 0 radical (unpaired) electrons. The highest BCUT2D eigenvalue weighted by Crippen LogP contribution is 2.35. The second kappa shape index (κ2) is 4.79. The minimum atomic E-state index is 0.135. The van der Waals surface area contributed by atoms with E-state index in [1.165, 1.54) is 25.7 Å². The molecule has 0 bridgehead atoms. The van der Waals surface area contributed by atoms with Crippen LogP contribution in [0.4, 0.5) is 0 Å². The molecular weight excluding hydrogens is 190 g/mol. The summed E-state index contributed by atoms with van der Waals surface area (Å²) < 4.78 is 5.18. The Bertz CT molecular complexity index is 308. The molecule has 3 heteroatoms. The maximum absolute atomic E-state index is 8.79. The van der Waals surface area contributed by atoms with E-state index < -0.39 is 0 Å². The van der Waals surface area contributed by atoms with E-state index in [4.69, 9.17) is 9.63 Å². The largest absolute Gasteiger partial charge is 0.396 e. The summed E-state index contributed by atoms with van der Waals surface area (Å²) in [7, 11) is 0. The van der Waals surface area contributed by atoms with Crippen molar-refractivity contribution in [3.05, 3.63) is 17.5 Å². The van der Waals surface area contributed by atoms with Crippen LogP contribution in [0.15, 0.2) is 10.6 Å². The van der Waals surface area contributed by atoms with E-state index in [1.807, 2.05) is 6.07 Å². The molecule has 2 atom stereocenters. The fraction of sp³-hybridized carbons (Fsp3) is 0.750. The molecule has 1 aliphatic carbocycles. The van der Waals surface area contributed by atoms with E-state index in [0.717, 1.165) is 17.4 Å². The molecule has 84 valence electrons. The monoisotopic (exact) mass is 209 g/mol. The van der Waals surface area contributed by atoms with Gasteiger partial charge in [0.1, 0.15) is 5.76 Å². The van der Waals surface area contributed by atoms with Gasteiger partial charge < -0.3 is 9.63 Å². The molecule has 0 spiro atoms. The molecule has 0 amide bonds. The maximum Gasteiger partial charge on any atom is 0.139 e. The lowest BCUT2D eigenvalue weighted by molar-refractivity contribution is 0.274. The molecule has 2 rings (SSSR count). The summed E-state index contributed by atoms with van der Waals surface area (Å²) in [5.41, 5.74) is 1.09. The van der Waals surface area contributed by atoms with Gasteiger partial charge in [-0.2, -0.15) is 0 Å². The zero-order valence-corrected chi connectivity index (χ0v) is 9.28. The Labute approximate surface area is 90.5 Å². The first-order valence-corrected chi connectivity index (χ1v) is 5.86. The minimum absolute atomic E-state index is 0.135. The molecule has 0 aliphatic heterocycles. The lowest BCUT2D eigenvalue weighted by Crippen LogP contribution is -2.11. The van der Waals surface area contributed by atoms with E-state index in [2.05, 4.69) is 12.1 Å². The summed E-state index contributed by atoms with van der Waals surface area (Å²) in [5.74, 6) is 2.19. The van der Waals surface area contributed by atoms with Crippen molar-refractivity contribution in [1.29, 1.82) is 0 Å². The summed E-state index contributed by atoms with van der Waals surface area (Å²) in [6, 6.07) is 2.01. The van der Waals surface area contributed by atoms with Gasteiger partial charge in [-0.05, 0) is 18.8 Å². The molecule has 1 heterocycles. The average Bonchev–Trinajstić information content (AvgIpc) is 2.67. The molecule has 1 aromatic heterocycles. The number of aliphatic hydroxyl groups is 1. The molecule has 2 unspecified atom stereocenters. The van der Waals surface area contributed by atoms with Crippen LogP contribution in [0.3, 0.4) is 0 Å². The highest BCUT2D eigenvalue weighted by atomic mass is 16.5. The van der Waals surface area contributed by atoms with E-state index >= 15 is 0 Å². The maximum atomic E-state index is 8.79. The van der Waals surface area contributed by atoms with E-state index in [0.29, 0.717) is 12.3 Å². The standard InChI is InChI=1S/C12H19NO2/c1-9-3-2-4-10(7-9)12-8-11(5-6-14)15-13-12/h8-10,14H,2-7H2,1H3. The first-order chi connectivity index (χ1) is 7.29. The third-order valence-corrected chi connectivity index (χ3v) is 3.29. The highest BCUT2D eigenvalue weighted by Gasteiger charge is 2.23. The van der Waals surface area contributed by atoms with Gasteiger partial charge >= 0.3 is 0 Å². The number of aromatic nitrogens is 1. The summed E-state index contributed by atoms with van der Waals surface area (Å²) in [6.45, 7) is 2.44. The van der Waals surface area contributed by atoms with Crippen molar-refractivity contribution in [3.63, 3.8) is 0 Å². The molecule has 1 N–H and O–H groups in total. The number of hydrogen-bond acceptors (Lipinski definition) is 3. The van der Waals surface area contributed by atoms with Crippen LogP contribution in [0, 0.1) is 5.92 Å². The molecule has 1 saturated carbocycles. The predicted octanol–water partition coefficient (Wildman–Crippen LogP) is 2.50. The van der Waals surface area contributed by atoms with Crippen LogP contribution in [-0.2, 0) is 6.42 Å². The van der Waals surface area contributed by atoms with Crippen molar-refractivity contribution in [2.24, 2.45) is 5.92 Å². The molecule has 1 fully saturated rings. The Morgan fingerprint density at radius 1 is 1.53 bits per heavy atom. The van der Waals surface area contributed by atoms with Crippen LogP contribution in [0.1, 0.15) is 50.0 Å². The van der Waals surface area contributed by atoms with Crippen molar-refractivity contribution in [2.75, 3.05) is 6.61 Å². The van der Waals surface area contributed by atoms with Gasteiger partial charge in [-0.1, -0.05) is 24.9 Å². The van der Waals surface area contributed by atoms with Crippen molar-refractivity contribution in [2.45, 2.75) is 44.9 Å². The fourth-order valence-corrected chi connectivity index (χ4v) is 2.45. The van der Waals surface area contributed by atoms with E-state index in [1.54, 1.807) is 0 Å². The predicted molar refractivity (Wildman–Crippen MR) is 57.7 cm³/mol. The van der Waals surface area contributed by atoms with Gasteiger partial charge in [-0.3, -0.25) is 0 Å². The molecule has 1 aromatic rings. The molecule has 3 nitrogen and oxygen atoms in total. The minimum Gasteiger partial charge on any atom is -0.396 e. The van der Waals surface area contributed by atoms with Crippen molar-refractivity contribution >= 4 is 0 Å².